The van der Waals surface area contributed by atoms with Gasteiger partial charge in [-0.3, -0.25) is 9.80 Å². The lowest BCUT2D eigenvalue weighted by atomic mass is 9.77. The first kappa shape index (κ1) is 20.0. The second-order valence-electron chi connectivity index (χ2n) is 7.13. The summed E-state index contributed by atoms with van der Waals surface area (Å²) in [6, 6.07) is 10.1. The second kappa shape index (κ2) is 7.21. The number of methoxy groups -OCH3 is 1. The average molecular weight is 421 g/mol. The van der Waals surface area contributed by atoms with Crippen LogP contribution in [0.3, 0.4) is 0 Å². The Kier molecular flexibility index (Phi) is 4.81. The summed E-state index contributed by atoms with van der Waals surface area (Å²) < 4.78 is 48.9. The molecule has 2 aliphatic heterocycles. The number of para-hydroxylation sites is 1. The van der Waals surface area contributed by atoms with Crippen molar-refractivity contribution in [1.82, 2.24) is 10.4 Å². The van der Waals surface area contributed by atoms with Gasteiger partial charge in [-0.05, 0) is 30.3 Å². The van der Waals surface area contributed by atoms with Crippen LogP contribution >= 0.6 is 0 Å². The van der Waals surface area contributed by atoms with Crippen LogP contribution in [0.2, 0.25) is 0 Å². The highest BCUT2D eigenvalue weighted by Crippen LogP contribution is 2.47. The lowest BCUT2D eigenvalue weighted by Gasteiger charge is -2.35. The number of benzene rings is 2. The minimum atomic E-state index is -4.46. The zero-order valence-corrected chi connectivity index (χ0v) is 15.8. The number of anilines is 1. The number of nitrogens with zero attached hydrogens (tertiary/aromatic N) is 1. The van der Waals surface area contributed by atoms with Crippen LogP contribution in [0.4, 0.5) is 23.7 Å². The van der Waals surface area contributed by atoms with E-state index < -0.39 is 35.2 Å². The minimum absolute atomic E-state index is 0.0123. The summed E-state index contributed by atoms with van der Waals surface area (Å²) >= 11 is 0. The molecule has 2 atom stereocenters. The molecule has 0 aliphatic carbocycles. The number of hydrazine groups is 1. The highest BCUT2D eigenvalue weighted by molar-refractivity contribution is 5.90. The molecule has 2 N–H and O–H groups in total. The third-order valence-electron chi connectivity index (χ3n) is 5.29. The molecule has 2 aromatic carbocycles. The molecule has 2 aliphatic rings. The molecule has 7 nitrogen and oxygen atoms in total. The first-order valence-corrected chi connectivity index (χ1v) is 9.07. The number of rotatable bonds is 2. The Labute approximate surface area is 169 Å². The topological polar surface area (TPSA) is 79.9 Å². The highest BCUT2D eigenvalue weighted by Gasteiger charge is 2.58. The molecule has 2 heterocycles. The number of amides is 2. The molecule has 2 aromatic rings. The Morgan fingerprint density at radius 1 is 1.20 bits per heavy atom. The molecule has 0 radical (unpaired) electrons. The number of urea groups is 1. The molecule has 0 spiro atoms. The molecule has 2 unspecified atom stereocenters. The van der Waals surface area contributed by atoms with E-state index >= 15 is 0 Å². The van der Waals surface area contributed by atoms with Crippen molar-refractivity contribution in [3.05, 3.63) is 59.7 Å². The zero-order chi connectivity index (χ0) is 21.5. The summed E-state index contributed by atoms with van der Waals surface area (Å²) in [5.41, 5.74) is 1.95. The fourth-order valence-electron chi connectivity index (χ4n) is 3.76. The number of alkyl halides is 3. The van der Waals surface area contributed by atoms with E-state index in [0.717, 1.165) is 12.1 Å². The smallest absolute Gasteiger partial charge is 0.416 e. The first-order valence-electron chi connectivity index (χ1n) is 9.07. The van der Waals surface area contributed by atoms with Gasteiger partial charge in [0, 0.05) is 11.3 Å². The van der Waals surface area contributed by atoms with Gasteiger partial charge in [0.25, 0.3) is 0 Å². The van der Waals surface area contributed by atoms with E-state index in [1.807, 2.05) is 0 Å². The quantitative estimate of drug-likeness (QED) is 0.727. The number of hydrogen-bond donors (Lipinski definition) is 2. The summed E-state index contributed by atoms with van der Waals surface area (Å²) in [6.45, 7) is -0.0243. The largest absolute Gasteiger partial charge is 0.492 e. The fraction of sp³-hybridized carbons (Fsp3) is 0.300. The number of fused-ring (bicyclic) bond motifs is 3. The lowest BCUT2D eigenvalue weighted by Crippen LogP contribution is -2.47. The van der Waals surface area contributed by atoms with Gasteiger partial charge >= 0.3 is 18.2 Å². The van der Waals surface area contributed by atoms with Crippen LogP contribution < -0.4 is 15.5 Å². The molecule has 0 bridgehead atoms. The van der Waals surface area contributed by atoms with Gasteiger partial charge < -0.3 is 14.8 Å². The van der Waals surface area contributed by atoms with Gasteiger partial charge in [0.2, 0.25) is 0 Å². The van der Waals surface area contributed by atoms with Gasteiger partial charge in [0.15, 0.2) is 0 Å². The number of halogens is 3. The fourth-order valence-corrected chi connectivity index (χ4v) is 3.76. The van der Waals surface area contributed by atoms with Crippen LogP contribution in [0.15, 0.2) is 48.5 Å². The van der Waals surface area contributed by atoms with E-state index in [1.54, 1.807) is 24.3 Å². The summed E-state index contributed by atoms with van der Waals surface area (Å²) in [4.78, 5) is 25.4. The average Bonchev–Trinajstić information content (AvgIpc) is 3.15. The van der Waals surface area contributed by atoms with Crippen LogP contribution in [0.1, 0.15) is 17.2 Å². The predicted octanol–water partition coefficient (Wildman–Crippen LogP) is 3.35. The predicted molar refractivity (Wildman–Crippen MR) is 99.4 cm³/mol. The number of esters is 1. The maximum atomic E-state index is 12.7. The number of hydrogen-bond acceptors (Lipinski definition) is 5. The molecule has 0 aromatic heterocycles. The third kappa shape index (κ3) is 3.32. The van der Waals surface area contributed by atoms with Gasteiger partial charge in [-0.2, -0.15) is 13.2 Å². The van der Waals surface area contributed by atoms with E-state index in [2.05, 4.69) is 10.7 Å². The van der Waals surface area contributed by atoms with Crippen molar-refractivity contribution in [2.45, 2.75) is 12.2 Å². The van der Waals surface area contributed by atoms with E-state index in [0.29, 0.717) is 11.3 Å². The van der Waals surface area contributed by atoms with Crippen LogP contribution in [0.5, 0.6) is 5.75 Å². The van der Waals surface area contributed by atoms with Crippen molar-refractivity contribution >= 4 is 17.7 Å². The molecule has 10 heteroatoms. The molecule has 0 saturated carbocycles. The minimum Gasteiger partial charge on any atom is -0.492 e. The molecule has 1 fully saturated rings. The first-order chi connectivity index (χ1) is 14.2. The van der Waals surface area contributed by atoms with Crippen molar-refractivity contribution in [2.24, 2.45) is 5.41 Å². The standard InChI is InChI=1S/C20H18F3N3O4/c1-29-17(27)19-10-26(25-16(19)14-4-2-3-5-15(14)30-11-19)18(28)24-13-8-6-12(7-9-13)20(21,22)23/h2-9,16,25H,10-11H2,1H3,(H,24,28). The number of nitrogens with one attached hydrogen (secondary N) is 2. The maximum Gasteiger partial charge on any atom is 0.416 e. The van der Waals surface area contributed by atoms with Crippen molar-refractivity contribution < 1.29 is 32.2 Å². The Hall–Kier alpha value is -3.27. The maximum absolute atomic E-state index is 12.7. The van der Waals surface area contributed by atoms with E-state index in [1.165, 1.54) is 24.3 Å². The summed E-state index contributed by atoms with van der Waals surface area (Å²) in [6.07, 6.45) is -4.46. The van der Waals surface area contributed by atoms with Crippen molar-refractivity contribution in [2.75, 3.05) is 25.6 Å². The Bertz CT molecular complexity index is 980. The highest BCUT2D eigenvalue weighted by atomic mass is 19.4. The van der Waals surface area contributed by atoms with Gasteiger partial charge in [-0.25, -0.2) is 10.2 Å². The SMILES string of the molecule is COC(=O)C12COc3ccccc3C1NN(C(=O)Nc1ccc(C(F)(F)F)cc1)C2. The number of carbonyl (C=O) groups excluding carboxylic acids is 2. The van der Waals surface area contributed by atoms with Gasteiger partial charge in [-0.1, -0.05) is 18.2 Å². The van der Waals surface area contributed by atoms with Crippen LogP contribution in [-0.2, 0) is 15.7 Å². The van der Waals surface area contributed by atoms with E-state index in [-0.39, 0.29) is 18.8 Å². The number of ether oxygens (including phenoxy) is 2. The van der Waals surface area contributed by atoms with Gasteiger partial charge in [-0.15, -0.1) is 0 Å². The molecule has 2 amide bonds. The second-order valence-corrected chi connectivity index (χ2v) is 7.13. The summed E-state index contributed by atoms with van der Waals surface area (Å²) in [7, 11) is 1.26. The van der Waals surface area contributed by atoms with Crippen LogP contribution in [0, 0.1) is 5.41 Å². The van der Waals surface area contributed by atoms with Gasteiger partial charge in [0.05, 0.1) is 25.3 Å². The van der Waals surface area contributed by atoms with Crippen LogP contribution in [0.25, 0.3) is 0 Å². The monoisotopic (exact) mass is 421 g/mol. The van der Waals surface area contributed by atoms with Crippen molar-refractivity contribution in [1.29, 1.82) is 0 Å². The van der Waals surface area contributed by atoms with E-state index in [9.17, 15) is 22.8 Å². The lowest BCUT2D eigenvalue weighted by molar-refractivity contribution is -0.155. The zero-order valence-electron chi connectivity index (χ0n) is 15.8. The Morgan fingerprint density at radius 2 is 1.90 bits per heavy atom. The number of carbonyl (C=O) groups is 2. The summed E-state index contributed by atoms with van der Waals surface area (Å²) in [5, 5.41) is 3.75. The van der Waals surface area contributed by atoms with E-state index in [4.69, 9.17) is 9.47 Å². The normalized spacial score (nSPS) is 22.5. The Morgan fingerprint density at radius 3 is 2.57 bits per heavy atom. The molecule has 30 heavy (non-hydrogen) atoms. The molecule has 4 rings (SSSR count). The molecular formula is C20H18F3N3O4. The Balaban J connectivity index is 1.56. The van der Waals surface area contributed by atoms with Crippen molar-refractivity contribution in [3.8, 4) is 5.75 Å². The molecule has 158 valence electrons. The molecular weight excluding hydrogens is 403 g/mol. The molecule has 1 saturated heterocycles. The summed E-state index contributed by atoms with van der Waals surface area (Å²) in [5.74, 6) is 0.0684. The van der Waals surface area contributed by atoms with Crippen molar-refractivity contribution in [3.63, 3.8) is 0 Å². The van der Waals surface area contributed by atoms with Gasteiger partial charge in [0.1, 0.15) is 17.8 Å². The van der Waals surface area contributed by atoms with Crippen LogP contribution in [-0.4, -0.2) is 37.3 Å². The third-order valence-corrected chi connectivity index (χ3v) is 5.29.